The van der Waals surface area contributed by atoms with Crippen molar-refractivity contribution in [3.8, 4) is 50.2 Å². The van der Waals surface area contributed by atoms with Crippen molar-refractivity contribution in [1.29, 1.82) is 0 Å². The maximum atomic E-state index is 6.47. The molecular formula is C64H42N2O. The monoisotopic (exact) mass is 854 g/mol. The minimum atomic E-state index is 0.900. The predicted octanol–water partition coefficient (Wildman–Crippen LogP) is 18.0. The van der Waals surface area contributed by atoms with Gasteiger partial charge in [0, 0.05) is 49.7 Å². The van der Waals surface area contributed by atoms with Crippen LogP contribution >= 0.6 is 0 Å². The van der Waals surface area contributed by atoms with Crippen LogP contribution < -0.4 is 4.90 Å². The number of fused-ring (bicyclic) bond motifs is 7. The summed E-state index contributed by atoms with van der Waals surface area (Å²) >= 11 is 0. The lowest BCUT2D eigenvalue weighted by atomic mass is 9.93. The summed E-state index contributed by atoms with van der Waals surface area (Å²) in [6, 6.07) is 91.9. The molecule has 0 unspecified atom stereocenters. The summed E-state index contributed by atoms with van der Waals surface area (Å²) in [5.41, 5.74) is 17.8. The van der Waals surface area contributed by atoms with Gasteiger partial charge in [0.1, 0.15) is 11.2 Å². The van der Waals surface area contributed by atoms with Crippen LogP contribution in [0.1, 0.15) is 0 Å². The van der Waals surface area contributed by atoms with Gasteiger partial charge in [-0.25, -0.2) is 0 Å². The normalized spacial score (nSPS) is 11.6. The maximum absolute atomic E-state index is 6.47. The molecule has 0 aliphatic heterocycles. The molecular weight excluding hydrogens is 813 g/mol. The minimum absolute atomic E-state index is 0.900. The second-order valence-electron chi connectivity index (χ2n) is 17.3. The largest absolute Gasteiger partial charge is 0.455 e. The highest BCUT2D eigenvalue weighted by Gasteiger charge is 2.20. The molecule has 0 aliphatic carbocycles. The number of hydrogen-bond acceptors (Lipinski definition) is 2. The number of hydrogen-bond donors (Lipinski definition) is 0. The summed E-state index contributed by atoms with van der Waals surface area (Å²) in [6.07, 6.45) is 0. The molecule has 3 heteroatoms. The summed E-state index contributed by atoms with van der Waals surface area (Å²) in [4.78, 5) is 2.36. The fraction of sp³-hybridized carbons (Fsp3) is 0. The van der Waals surface area contributed by atoms with E-state index in [0.29, 0.717) is 0 Å². The Hall–Kier alpha value is -8.92. The summed E-state index contributed by atoms with van der Waals surface area (Å²) in [5, 5.41) is 7.22. The minimum Gasteiger partial charge on any atom is -0.455 e. The first-order chi connectivity index (χ1) is 33.2. The van der Waals surface area contributed by atoms with Crippen molar-refractivity contribution in [2.24, 2.45) is 0 Å². The highest BCUT2D eigenvalue weighted by Crippen LogP contribution is 2.43. The SMILES string of the molecule is c1cc(-c2ccc3ccccc3c2)cc(N(c2ccc(-c3ccccc3-c3ccccc3-n3c4ccccc4c4ccccc43)cc2)c2ccc(-c3cccc4c3oc3ccccc34)cc2)c1. The summed E-state index contributed by atoms with van der Waals surface area (Å²) in [6.45, 7) is 0. The Kier molecular flexibility index (Phi) is 9.17. The molecule has 0 saturated carbocycles. The smallest absolute Gasteiger partial charge is 0.143 e. The molecule has 13 rings (SSSR count). The van der Waals surface area contributed by atoms with Gasteiger partial charge in [-0.05, 0) is 111 Å². The molecule has 0 aliphatic rings. The number of anilines is 3. The molecule has 13 aromatic rings. The number of rotatable bonds is 8. The molecule has 0 saturated heterocycles. The number of benzene rings is 11. The van der Waals surface area contributed by atoms with E-state index in [-0.39, 0.29) is 0 Å². The molecule has 0 atom stereocenters. The van der Waals surface area contributed by atoms with Gasteiger partial charge in [-0.15, -0.1) is 0 Å². The zero-order valence-electron chi connectivity index (χ0n) is 36.6. The van der Waals surface area contributed by atoms with E-state index < -0.39 is 0 Å². The van der Waals surface area contributed by atoms with E-state index >= 15 is 0 Å². The summed E-state index contributed by atoms with van der Waals surface area (Å²) in [5.74, 6) is 0. The van der Waals surface area contributed by atoms with E-state index in [9.17, 15) is 0 Å². The van der Waals surface area contributed by atoms with Gasteiger partial charge in [-0.3, -0.25) is 0 Å². The fourth-order valence-corrected chi connectivity index (χ4v) is 10.2. The number of nitrogens with zero attached hydrogens (tertiary/aromatic N) is 2. The first-order valence-electron chi connectivity index (χ1n) is 22.9. The van der Waals surface area contributed by atoms with E-state index in [0.717, 1.165) is 66.9 Å². The van der Waals surface area contributed by atoms with Crippen molar-refractivity contribution in [1.82, 2.24) is 4.57 Å². The molecule has 0 amide bonds. The van der Waals surface area contributed by atoms with Crippen LogP contribution in [0, 0.1) is 0 Å². The van der Waals surface area contributed by atoms with Crippen LogP contribution in [-0.2, 0) is 0 Å². The van der Waals surface area contributed by atoms with Gasteiger partial charge in [0.05, 0.1) is 16.7 Å². The molecule has 67 heavy (non-hydrogen) atoms. The van der Waals surface area contributed by atoms with Crippen LogP contribution in [0.2, 0.25) is 0 Å². The van der Waals surface area contributed by atoms with Crippen molar-refractivity contribution in [3.05, 3.63) is 255 Å². The van der Waals surface area contributed by atoms with Gasteiger partial charge in [0.25, 0.3) is 0 Å². The molecule has 0 radical (unpaired) electrons. The highest BCUT2D eigenvalue weighted by molar-refractivity contribution is 6.11. The summed E-state index contributed by atoms with van der Waals surface area (Å²) in [7, 11) is 0. The maximum Gasteiger partial charge on any atom is 0.143 e. The molecule has 2 aromatic heterocycles. The lowest BCUT2D eigenvalue weighted by Crippen LogP contribution is -2.10. The van der Waals surface area contributed by atoms with Crippen molar-refractivity contribution in [2.45, 2.75) is 0 Å². The first-order valence-corrected chi connectivity index (χ1v) is 22.9. The van der Waals surface area contributed by atoms with Gasteiger partial charge < -0.3 is 13.9 Å². The zero-order chi connectivity index (χ0) is 44.3. The lowest BCUT2D eigenvalue weighted by molar-refractivity contribution is 0.670. The van der Waals surface area contributed by atoms with Gasteiger partial charge >= 0.3 is 0 Å². The molecule has 0 fully saturated rings. The van der Waals surface area contributed by atoms with Crippen molar-refractivity contribution in [3.63, 3.8) is 0 Å². The molecule has 3 nitrogen and oxygen atoms in total. The molecule has 0 bridgehead atoms. The molecule has 314 valence electrons. The molecule has 11 aromatic carbocycles. The van der Waals surface area contributed by atoms with Crippen LogP contribution in [0.25, 0.3) is 105 Å². The van der Waals surface area contributed by atoms with E-state index in [4.69, 9.17) is 4.42 Å². The predicted molar refractivity (Wildman–Crippen MR) is 282 cm³/mol. The first kappa shape index (κ1) is 38.5. The van der Waals surface area contributed by atoms with E-state index in [1.165, 1.54) is 54.8 Å². The van der Waals surface area contributed by atoms with Crippen LogP contribution in [0.5, 0.6) is 0 Å². The van der Waals surface area contributed by atoms with E-state index in [1.807, 2.05) is 12.1 Å². The Morgan fingerprint density at radius 1 is 0.299 bits per heavy atom. The van der Waals surface area contributed by atoms with Crippen LogP contribution in [-0.4, -0.2) is 4.57 Å². The Morgan fingerprint density at radius 2 is 0.821 bits per heavy atom. The van der Waals surface area contributed by atoms with Gasteiger partial charge in [-0.2, -0.15) is 0 Å². The van der Waals surface area contributed by atoms with Crippen LogP contribution in [0.3, 0.4) is 0 Å². The Bertz CT molecular complexity index is 3930. The third kappa shape index (κ3) is 6.59. The zero-order valence-corrected chi connectivity index (χ0v) is 36.6. The molecule has 0 N–H and O–H groups in total. The second kappa shape index (κ2) is 16.0. The Morgan fingerprint density at radius 3 is 1.57 bits per heavy atom. The Balaban J connectivity index is 0.917. The number of furan rings is 1. The Labute approximate surface area is 388 Å². The highest BCUT2D eigenvalue weighted by atomic mass is 16.3. The third-order valence-corrected chi connectivity index (χ3v) is 13.4. The lowest BCUT2D eigenvalue weighted by Gasteiger charge is -2.26. The van der Waals surface area contributed by atoms with Crippen molar-refractivity contribution in [2.75, 3.05) is 4.90 Å². The fourth-order valence-electron chi connectivity index (χ4n) is 10.2. The number of aromatic nitrogens is 1. The van der Waals surface area contributed by atoms with Gasteiger partial charge in [0.15, 0.2) is 0 Å². The topological polar surface area (TPSA) is 21.3 Å². The second-order valence-corrected chi connectivity index (χ2v) is 17.3. The van der Waals surface area contributed by atoms with Gasteiger partial charge in [0.2, 0.25) is 0 Å². The van der Waals surface area contributed by atoms with Crippen LogP contribution in [0.4, 0.5) is 17.1 Å². The van der Waals surface area contributed by atoms with E-state index in [2.05, 4.69) is 252 Å². The van der Waals surface area contributed by atoms with Crippen molar-refractivity contribution >= 4 is 71.6 Å². The quantitative estimate of drug-likeness (QED) is 0.152. The average Bonchev–Trinajstić information content (AvgIpc) is 3.95. The average molecular weight is 855 g/mol. The van der Waals surface area contributed by atoms with Crippen LogP contribution in [0.15, 0.2) is 259 Å². The van der Waals surface area contributed by atoms with E-state index in [1.54, 1.807) is 0 Å². The molecule has 0 spiro atoms. The summed E-state index contributed by atoms with van der Waals surface area (Å²) < 4.78 is 8.89. The van der Waals surface area contributed by atoms with Gasteiger partial charge in [-0.1, -0.05) is 188 Å². The molecule has 2 heterocycles. The van der Waals surface area contributed by atoms with Crippen molar-refractivity contribution < 1.29 is 4.42 Å². The third-order valence-electron chi connectivity index (χ3n) is 13.4. The standard InChI is InChI=1S/C64H42N2O/c1-2-16-46-41-48(32-31-43(46)15-1)47-17-13-18-51(42-47)65(50-39-35-45(36-40-50)53-25-14-26-59-58-24-8-12-30-63(58)67-64(53)59)49-37-33-44(34-38-49)52-19-3-4-20-54(52)55-21-5-9-27-60(55)66-61-28-10-6-22-56(61)57-23-7-11-29-62(57)66/h1-42H. The number of para-hydroxylation sites is 5.